The van der Waals surface area contributed by atoms with Crippen LogP contribution in [-0.4, -0.2) is 51.2 Å². The Morgan fingerprint density at radius 2 is 1.88 bits per heavy atom. The molecule has 5 atom stereocenters. The first-order chi connectivity index (χ1) is 7.79. The van der Waals surface area contributed by atoms with E-state index in [1.54, 1.807) is 0 Å². The highest BCUT2D eigenvalue weighted by molar-refractivity contribution is 7.87. The van der Waals surface area contributed by atoms with Crippen LogP contribution in [0.3, 0.4) is 0 Å². The van der Waals surface area contributed by atoms with E-state index in [0.717, 1.165) is 0 Å². The summed E-state index contributed by atoms with van der Waals surface area (Å²) in [6.45, 7) is 0.164. The van der Waals surface area contributed by atoms with Crippen molar-refractivity contribution in [3.8, 4) is 0 Å². The lowest BCUT2D eigenvalue weighted by molar-refractivity contribution is -0.140. The van der Waals surface area contributed by atoms with Gasteiger partial charge < -0.3 is 14.2 Å². The molecule has 0 amide bonds. The van der Waals surface area contributed by atoms with Gasteiger partial charge in [-0.1, -0.05) is 0 Å². The summed E-state index contributed by atoms with van der Waals surface area (Å²) in [6.07, 6.45) is -4.02. The van der Waals surface area contributed by atoms with E-state index >= 15 is 0 Å². The Bertz CT molecular complexity index is 433. The molecular weight excluding hydrogens is 269 g/mol. The fraction of sp³-hybridized carbons (Fsp3) is 1.00. The molecule has 98 valence electrons. The summed E-state index contributed by atoms with van der Waals surface area (Å²) in [5, 5.41) is 0. The molecule has 0 aromatic heterocycles. The Hall–Kier alpha value is -0.420. The first-order valence-corrected chi connectivity index (χ1v) is 6.12. The molecular formula is C7H7F3O6S. The molecule has 3 aliphatic heterocycles. The van der Waals surface area contributed by atoms with Gasteiger partial charge in [0.15, 0.2) is 12.4 Å². The normalized spacial score (nSPS) is 44.5. The van der Waals surface area contributed by atoms with Crippen LogP contribution in [0.15, 0.2) is 0 Å². The number of ether oxygens (including phenoxy) is 3. The van der Waals surface area contributed by atoms with E-state index in [2.05, 4.69) is 4.18 Å². The average Bonchev–Trinajstić information content (AvgIpc) is 2.86. The molecule has 3 saturated heterocycles. The van der Waals surface area contributed by atoms with Crippen molar-refractivity contribution in [2.75, 3.05) is 6.61 Å². The second kappa shape index (κ2) is 3.32. The Kier molecular flexibility index (Phi) is 2.28. The van der Waals surface area contributed by atoms with E-state index in [1.165, 1.54) is 0 Å². The van der Waals surface area contributed by atoms with Gasteiger partial charge in [-0.3, -0.25) is 4.18 Å². The summed E-state index contributed by atoms with van der Waals surface area (Å²) < 4.78 is 77.3. The average molecular weight is 276 g/mol. The van der Waals surface area contributed by atoms with Gasteiger partial charge in [0.1, 0.15) is 18.3 Å². The molecule has 3 fully saturated rings. The summed E-state index contributed by atoms with van der Waals surface area (Å²) in [5.41, 5.74) is -5.47. The lowest BCUT2D eigenvalue weighted by atomic mass is 10.1. The molecule has 0 aromatic rings. The number of alkyl halides is 3. The fourth-order valence-corrected chi connectivity index (χ4v) is 2.54. The summed E-state index contributed by atoms with van der Waals surface area (Å²) in [5.74, 6) is 0. The standard InChI is InChI=1S/C7H7F3O6S/c8-7(9,10)17(11,12)16-5-4-3(15-4)2-1-13-6(5)14-2/h2-6H,1H2/t2-,3-,4-,5+,6-/m0/s1. The maximum Gasteiger partial charge on any atom is 0.523 e. The number of fused-ring (bicyclic) bond motifs is 4. The smallest absolute Gasteiger partial charge is 0.364 e. The van der Waals surface area contributed by atoms with E-state index in [9.17, 15) is 21.6 Å². The molecule has 17 heavy (non-hydrogen) atoms. The van der Waals surface area contributed by atoms with Gasteiger partial charge in [-0.05, 0) is 0 Å². The molecule has 0 saturated carbocycles. The van der Waals surface area contributed by atoms with Crippen molar-refractivity contribution in [3.63, 3.8) is 0 Å². The van der Waals surface area contributed by atoms with Gasteiger partial charge in [0, 0.05) is 0 Å². The predicted molar refractivity (Wildman–Crippen MR) is 43.1 cm³/mol. The van der Waals surface area contributed by atoms with Crippen molar-refractivity contribution >= 4 is 10.1 Å². The zero-order valence-electron chi connectivity index (χ0n) is 8.09. The number of rotatable bonds is 2. The third-order valence-electron chi connectivity index (χ3n) is 2.77. The Labute approximate surface area is 93.7 Å². The molecule has 3 aliphatic rings. The zero-order valence-corrected chi connectivity index (χ0v) is 8.90. The van der Waals surface area contributed by atoms with E-state index < -0.39 is 40.2 Å². The van der Waals surface area contributed by atoms with Crippen LogP contribution in [-0.2, 0) is 28.5 Å². The van der Waals surface area contributed by atoms with Crippen LogP contribution >= 0.6 is 0 Å². The largest absolute Gasteiger partial charge is 0.523 e. The number of epoxide rings is 1. The van der Waals surface area contributed by atoms with Crippen molar-refractivity contribution in [2.45, 2.75) is 36.2 Å². The van der Waals surface area contributed by atoms with E-state index in [-0.39, 0.29) is 12.7 Å². The van der Waals surface area contributed by atoms with E-state index in [1.807, 2.05) is 0 Å². The summed E-state index contributed by atoms with van der Waals surface area (Å²) in [7, 11) is -5.67. The topological polar surface area (TPSA) is 74.4 Å². The maximum atomic E-state index is 12.1. The minimum Gasteiger partial charge on any atom is -0.364 e. The quantitative estimate of drug-likeness (QED) is 0.393. The second-order valence-electron chi connectivity index (χ2n) is 3.90. The van der Waals surface area contributed by atoms with Gasteiger partial charge in [-0.15, -0.1) is 0 Å². The molecule has 0 unspecified atom stereocenters. The lowest BCUT2D eigenvalue weighted by Crippen LogP contribution is -2.44. The molecule has 0 aromatic carbocycles. The number of halogens is 3. The zero-order chi connectivity index (χ0) is 12.4. The minimum atomic E-state index is -5.67. The summed E-state index contributed by atoms with van der Waals surface area (Å²) in [6, 6.07) is 0. The molecule has 2 bridgehead atoms. The molecule has 0 aliphatic carbocycles. The maximum absolute atomic E-state index is 12.1. The number of hydrogen-bond acceptors (Lipinski definition) is 6. The molecule has 0 N–H and O–H groups in total. The van der Waals surface area contributed by atoms with Crippen LogP contribution in [0.5, 0.6) is 0 Å². The molecule has 3 heterocycles. The van der Waals surface area contributed by atoms with Crippen molar-refractivity contribution < 1.29 is 40.0 Å². The highest BCUT2D eigenvalue weighted by Gasteiger charge is 2.64. The van der Waals surface area contributed by atoms with Crippen LogP contribution in [0.2, 0.25) is 0 Å². The van der Waals surface area contributed by atoms with Crippen LogP contribution in [0, 0.1) is 0 Å². The monoisotopic (exact) mass is 276 g/mol. The number of hydrogen-bond donors (Lipinski definition) is 0. The van der Waals surface area contributed by atoms with Crippen LogP contribution in [0.1, 0.15) is 0 Å². The van der Waals surface area contributed by atoms with Gasteiger partial charge in [0.25, 0.3) is 0 Å². The molecule has 0 spiro atoms. The fourth-order valence-electron chi connectivity index (χ4n) is 1.94. The Morgan fingerprint density at radius 1 is 1.18 bits per heavy atom. The third-order valence-corrected chi connectivity index (χ3v) is 3.82. The van der Waals surface area contributed by atoms with Crippen molar-refractivity contribution in [1.29, 1.82) is 0 Å². The molecule has 6 nitrogen and oxygen atoms in total. The van der Waals surface area contributed by atoms with Gasteiger partial charge >= 0.3 is 15.6 Å². The second-order valence-corrected chi connectivity index (χ2v) is 5.47. The first-order valence-electron chi connectivity index (χ1n) is 4.72. The molecule has 10 heteroatoms. The highest BCUT2D eigenvalue weighted by atomic mass is 32.2. The van der Waals surface area contributed by atoms with Gasteiger partial charge in [-0.2, -0.15) is 21.6 Å². The van der Waals surface area contributed by atoms with Crippen LogP contribution in [0.4, 0.5) is 13.2 Å². The predicted octanol–water partition coefficient (Wildman–Crippen LogP) is -0.256. The van der Waals surface area contributed by atoms with Crippen LogP contribution < -0.4 is 0 Å². The van der Waals surface area contributed by atoms with Crippen molar-refractivity contribution in [1.82, 2.24) is 0 Å². The highest BCUT2D eigenvalue weighted by Crippen LogP contribution is 2.44. The lowest BCUT2D eigenvalue weighted by Gasteiger charge is -2.24. The summed E-state index contributed by atoms with van der Waals surface area (Å²) >= 11 is 0. The Morgan fingerprint density at radius 3 is 2.53 bits per heavy atom. The Balaban J connectivity index is 1.78. The van der Waals surface area contributed by atoms with E-state index in [4.69, 9.17) is 14.2 Å². The van der Waals surface area contributed by atoms with Gasteiger partial charge in [0.05, 0.1) is 6.61 Å². The first kappa shape index (κ1) is 11.7. The van der Waals surface area contributed by atoms with Crippen molar-refractivity contribution in [3.05, 3.63) is 0 Å². The third kappa shape index (κ3) is 1.74. The molecule has 3 rings (SSSR count). The van der Waals surface area contributed by atoms with E-state index in [0.29, 0.717) is 0 Å². The minimum absolute atomic E-state index is 0.164. The van der Waals surface area contributed by atoms with Gasteiger partial charge in [0.2, 0.25) is 0 Å². The molecule has 0 radical (unpaired) electrons. The SMILES string of the molecule is O=S(=O)(O[C@H]1[C@H]2OC[C@H](O2)[C@@H]2O[C@@H]21)C(F)(F)F. The van der Waals surface area contributed by atoms with Crippen LogP contribution in [0.25, 0.3) is 0 Å². The van der Waals surface area contributed by atoms with Gasteiger partial charge in [-0.25, -0.2) is 0 Å². The summed E-state index contributed by atoms with van der Waals surface area (Å²) in [4.78, 5) is 0. The van der Waals surface area contributed by atoms with Crippen molar-refractivity contribution in [2.24, 2.45) is 0 Å².